The van der Waals surface area contributed by atoms with E-state index in [9.17, 15) is 14.7 Å². The average molecular weight is 399 g/mol. The number of aliphatic carboxylic acids is 1. The number of fused-ring (bicyclic) bond motifs is 3. The van der Waals surface area contributed by atoms with Gasteiger partial charge in [0.1, 0.15) is 23.1 Å². The first-order valence-corrected chi connectivity index (χ1v) is 10.2. The summed E-state index contributed by atoms with van der Waals surface area (Å²) in [4.78, 5) is 23.8. The summed E-state index contributed by atoms with van der Waals surface area (Å²) in [5.41, 5.74) is 4.56. The third-order valence-corrected chi connectivity index (χ3v) is 5.60. The van der Waals surface area contributed by atoms with Crippen LogP contribution in [0.4, 0.5) is 0 Å². The van der Waals surface area contributed by atoms with Crippen LogP contribution >= 0.6 is 0 Å². The summed E-state index contributed by atoms with van der Waals surface area (Å²) >= 11 is 0. The van der Waals surface area contributed by atoms with Crippen molar-refractivity contribution in [2.24, 2.45) is 0 Å². The molecule has 0 saturated heterocycles. The number of hydrogen-bond acceptors (Lipinski definition) is 4. The van der Waals surface area contributed by atoms with Crippen LogP contribution in [0.3, 0.4) is 0 Å². The van der Waals surface area contributed by atoms with Crippen LogP contribution in [0, 0.1) is 6.92 Å². The van der Waals surface area contributed by atoms with Crippen LogP contribution in [-0.4, -0.2) is 30.1 Å². The largest absolute Gasteiger partial charge is 0.496 e. The second-order valence-corrected chi connectivity index (χ2v) is 7.69. The van der Waals surface area contributed by atoms with E-state index in [0.717, 1.165) is 59.1 Å². The standard InChI is InChI=1S/C23H29NO5/c1-5-8-18(23(26)27)24-20(25)11-13(2)16-12-17-15-9-6-7-10-19(15)29-22(17)14(3)21(16)28-4/h11-12,18H,5-10H2,1-4H3,(H,24,25)(H,26,27)/b13-11+. The van der Waals surface area contributed by atoms with Crippen LogP contribution in [0.5, 0.6) is 5.75 Å². The Morgan fingerprint density at radius 1 is 1.34 bits per heavy atom. The summed E-state index contributed by atoms with van der Waals surface area (Å²) in [5.74, 6) is 0.286. The number of ether oxygens (including phenoxy) is 1. The van der Waals surface area contributed by atoms with Crippen molar-refractivity contribution in [3.05, 3.63) is 34.6 Å². The van der Waals surface area contributed by atoms with Crippen LogP contribution in [0.2, 0.25) is 0 Å². The van der Waals surface area contributed by atoms with Crippen molar-refractivity contribution < 1.29 is 23.8 Å². The van der Waals surface area contributed by atoms with Gasteiger partial charge in [0.05, 0.1) is 7.11 Å². The number of allylic oxidation sites excluding steroid dienone is 1. The number of rotatable bonds is 7. The quantitative estimate of drug-likeness (QED) is 0.674. The SMILES string of the molecule is CCCC(NC(=O)/C=C(\C)c1cc2c3c(oc2c(C)c1OC)CCCC3)C(=O)O. The first kappa shape index (κ1) is 21.0. The van der Waals surface area contributed by atoms with Gasteiger partial charge in [-0.1, -0.05) is 13.3 Å². The van der Waals surface area contributed by atoms with Crippen molar-refractivity contribution in [3.8, 4) is 5.75 Å². The molecule has 0 fully saturated rings. The Kier molecular flexibility index (Phi) is 6.30. The first-order valence-electron chi connectivity index (χ1n) is 10.2. The first-order chi connectivity index (χ1) is 13.9. The molecular weight excluding hydrogens is 370 g/mol. The van der Waals surface area contributed by atoms with Crippen LogP contribution in [0.15, 0.2) is 16.6 Å². The van der Waals surface area contributed by atoms with E-state index >= 15 is 0 Å². The molecule has 1 heterocycles. The van der Waals surface area contributed by atoms with E-state index in [4.69, 9.17) is 9.15 Å². The Morgan fingerprint density at radius 3 is 2.72 bits per heavy atom. The van der Waals surface area contributed by atoms with Gasteiger partial charge in [0.2, 0.25) is 5.91 Å². The number of amides is 1. The van der Waals surface area contributed by atoms with Gasteiger partial charge in [-0.25, -0.2) is 4.79 Å². The number of carboxylic acid groups (broad SMARTS) is 1. The second kappa shape index (κ2) is 8.72. The zero-order chi connectivity index (χ0) is 21.1. The van der Waals surface area contributed by atoms with E-state index in [1.807, 2.05) is 26.8 Å². The normalized spacial score (nSPS) is 15.1. The van der Waals surface area contributed by atoms with Crippen molar-refractivity contribution in [1.29, 1.82) is 0 Å². The fourth-order valence-corrected chi connectivity index (χ4v) is 4.13. The van der Waals surface area contributed by atoms with Gasteiger partial charge < -0.3 is 19.6 Å². The molecule has 1 aliphatic carbocycles. The summed E-state index contributed by atoms with van der Waals surface area (Å²) in [6.07, 6.45) is 6.74. The monoisotopic (exact) mass is 399 g/mol. The molecule has 29 heavy (non-hydrogen) atoms. The highest BCUT2D eigenvalue weighted by molar-refractivity contribution is 5.99. The van der Waals surface area contributed by atoms with E-state index in [-0.39, 0.29) is 0 Å². The fourth-order valence-electron chi connectivity index (χ4n) is 4.13. The van der Waals surface area contributed by atoms with Gasteiger partial charge in [-0.15, -0.1) is 0 Å². The van der Waals surface area contributed by atoms with Crippen LogP contribution in [0.1, 0.15) is 62.0 Å². The summed E-state index contributed by atoms with van der Waals surface area (Å²) in [6.45, 7) is 5.69. The van der Waals surface area contributed by atoms with Crippen LogP contribution in [-0.2, 0) is 22.4 Å². The molecule has 3 rings (SSSR count). The van der Waals surface area contributed by atoms with Crippen molar-refractivity contribution in [2.45, 2.75) is 65.3 Å². The minimum absolute atomic E-state index is 0.392. The van der Waals surface area contributed by atoms with Crippen molar-refractivity contribution in [2.75, 3.05) is 7.11 Å². The minimum Gasteiger partial charge on any atom is -0.496 e. The Balaban J connectivity index is 2.00. The lowest BCUT2D eigenvalue weighted by Crippen LogP contribution is -2.39. The molecule has 0 saturated carbocycles. The van der Waals surface area contributed by atoms with Gasteiger partial charge in [0.25, 0.3) is 0 Å². The maximum absolute atomic E-state index is 12.4. The zero-order valence-electron chi connectivity index (χ0n) is 17.6. The summed E-state index contributed by atoms with van der Waals surface area (Å²) in [5, 5.41) is 12.9. The summed E-state index contributed by atoms with van der Waals surface area (Å²) in [6, 6.07) is 1.15. The number of carbonyl (C=O) groups is 2. The number of methoxy groups -OCH3 is 1. The molecule has 0 aliphatic heterocycles. The number of carbonyl (C=O) groups excluding carboxylic acids is 1. The van der Waals surface area contributed by atoms with Gasteiger partial charge >= 0.3 is 5.97 Å². The van der Waals surface area contributed by atoms with Crippen molar-refractivity contribution >= 4 is 28.4 Å². The maximum atomic E-state index is 12.4. The highest BCUT2D eigenvalue weighted by Gasteiger charge is 2.23. The smallest absolute Gasteiger partial charge is 0.326 e. The number of carboxylic acids is 1. The lowest BCUT2D eigenvalue weighted by Gasteiger charge is -2.15. The molecule has 2 aromatic rings. The lowest BCUT2D eigenvalue weighted by atomic mass is 9.93. The number of furan rings is 1. The Hall–Kier alpha value is -2.76. The van der Waals surface area contributed by atoms with Crippen molar-refractivity contribution in [3.63, 3.8) is 0 Å². The third-order valence-electron chi connectivity index (χ3n) is 5.60. The fraction of sp³-hybridized carbons (Fsp3) is 0.478. The molecule has 6 heteroatoms. The molecule has 0 spiro atoms. The summed E-state index contributed by atoms with van der Waals surface area (Å²) in [7, 11) is 1.61. The molecule has 1 amide bonds. The maximum Gasteiger partial charge on any atom is 0.326 e. The molecule has 1 aromatic heterocycles. The topological polar surface area (TPSA) is 88.8 Å². The molecule has 0 bridgehead atoms. The molecule has 156 valence electrons. The lowest BCUT2D eigenvalue weighted by molar-refractivity contribution is -0.141. The van der Waals surface area contributed by atoms with E-state index in [1.165, 1.54) is 11.6 Å². The number of aryl methyl sites for hydroxylation is 3. The van der Waals surface area contributed by atoms with Crippen LogP contribution < -0.4 is 10.1 Å². The van der Waals surface area contributed by atoms with E-state index < -0.39 is 17.9 Å². The van der Waals surface area contributed by atoms with E-state index in [1.54, 1.807) is 7.11 Å². The molecule has 1 aromatic carbocycles. The molecule has 1 unspecified atom stereocenters. The Labute approximate surface area is 170 Å². The number of benzene rings is 1. The molecular formula is C23H29NO5. The molecule has 1 atom stereocenters. The highest BCUT2D eigenvalue weighted by atomic mass is 16.5. The zero-order valence-corrected chi connectivity index (χ0v) is 17.6. The minimum atomic E-state index is -1.02. The summed E-state index contributed by atoms with van der Waals surface area (Å²) < 4.78 is 11.8. The highest BCUT2D eigenvalue weighted by Crippen LogP contribution is 2.40. The predicted octanol–water partition coefficient (Wildman–Crippen LogP) is 4.40. The third kappa shape index (κ3) is 4.16. The second-order valence-electron chi connectivity index (χ2n) is 7.69. The van der Waals surface area contributed by atoms with E-state index in [0.29, 0.717) is 18.6 Å². The molecule has 0 radical (unpaired) electrons. The van der Waals surface area contributed by atoms with Gasteiger partial charge in [-0.2, -0.15) is 0 Å². The molecule has 6 nitrogen and oxygen atoms in total. The van der Waals surface area contributed by atoms with Crippen molar-refractivity contribution in [1.82, 2.24) is 5.32 Å². The van der Waals surface area contributed by atoms with E-state index in [2.05, 4.69) is 5.32 Å². The number of hydrogen-bond donors (Lipinski definition) is 2. The van der Waals surface area contributed by atoms with Crippen LogP contribution in [0.25, 0.3) is 16.5 Å². The van der Waals surface area contributed by atoms with Gasteiger partial charge in [-0.05, 0) is 51.2 Å². The molecule has 1 aliphatic rings. The Bertz CT molecular complexity index is 970. The van der Waals surface area contributed by atoms with Gasteiger partial charge in [0, 0.05) is 34.6 Å². The van der Waals surface area contributed by atoms with Gasteiger partial charge in [-0.3, -0.25) is 4.79 Å². The van der Waals surface area contributed by atoms with Gasteiger partial charge in [0.15, 0.2) is 0 Å². The number of nitrogens with one attached hydrogen (secondary N) is 1. The Morgan fingerprint density at radius 2 is 2.07 bits per heavy atom. The molecule has 2 N–H and O–H groups in total. The predicted molar refractivity (Wildman–Crippen MR) is 112 cm³/mol. The average Bonchev–Trinajstić information content (AvgIpc) is 3.06.